The van der Waals surface area contributed by atoms with Crippen LogP contribution >= 0.6 is 11.6 Å². The number of nitrogens with zero attached hydrogens (tertiary/aromatic N) is 1. The van der Waals surface area contributed by atoms with Crippen LogP contribution in [0, 0.1) is 5.41 Å². The van der Waals surface area contributed by atoms with Gasteiger partial charge in [0, 0.05) is 28.4 Å². The first kappa shape index (κ1) is 32.2. The van der Waals surface area contributed by atoms with Crippen LogP contribution < -0.4 is 19.7 Å². The van der Waals surface area contributed by atoms with Gasteiger partial charge in [0.2, 0.25) is 5.91 Å². The minimum Gasteiger partial charge on any atom is -0.493 e. The second-order valence-corrected chi connectivity index (χ2v) is 12.7. The molecular formula is C31H41ClN2O7. The lowest BCUT2D eigenvalue weighted by Gasteiger charge is -2.31. The van der Waals surface area contributed by atoms with Crippen molar-refractivity contribution in [3.8, 4) is 11.5 Å². The van der Waals surface area contributed by atoms with E-state index in [1.807, 2.05) is 26.8 Å². The summed E-state index contributed by atoms with van der Waals surface area (Å²) in [7, 11) is 3.06. The molecule has 41 heavy (non-hydrogen) atoms. The molecule has 2 amide bonds. The van der Waals surface area contributed by atoms with Gasteiger partial charge in [-0.05, 0) is 57.4 Å². The quantitative estimate of drug-likeness (QED) is 0.408. The van der Waals surface area contributed by atoms with Gasteiger partial charge in [-0.25, -0.2) is 4.79 Å². The van der Waals surface area contributed by atoms with E-state index in [0.717, 1.165) is 0 Å². The standard InChI is InChI=1S/C31H41ClN2O7/c1-18(29(37)41-31(5,6)7)33-25(35)16-24-28(36)34(17-30(2,3)4)22-14-13-19(32)15-21(22)26(40-24)20-11-10-12-23(38-8)27(20)39-9/h10-15,18,24,26H,16-17H2,1-9H3,(H,33,35)/t18-,24-,26-/m0/s1. The minimum atomic E-state index is -1.18. The second kappa shape index (κ2) is 12.7. The largest absolute Gasteiger partial charge is 0.493 e. The van der Waals surface area contributed by atoms with Crippen molar-refractivity contribution >= 4 is 35.1 Å². The second-order valence-electron chi connectivity index (χ2n) is 12.3. The van der Waals surface area contributed by atoms with Gasteiger partial charge in [-0.2, -0.15) is 0 Å². The number of halogens is 1. The molecular weight excluding hydrogens is 548 g/mol. The van der Waals surface area contributed by atoms with Crippen molar-refractivity contribution in [1.29, 1.82) is 0 Å². The van der Waals surface area contributed by atoms with Crippen molar-refractivity contribution in [3.63, 3.8) is 0 Å². The fourth-order valence-electron chi connectivity index (χ4n) is 4.62. The van der Waals surface area contributed by atoms with Crippen molar-refractivity contribution in [2.75, 3.05) is 25.7 Å². The number of hydrogen-bond acceptors (Lipinski definition) is 7. The molecule has 3 rings (SSSR count). The average molecular weight is 589 g/mol. The lowest BCUT2D eigenvalue weighted by Crippen LogP contribution is -2.47. The molecule has 1 N–H and O–H groups in total. The highest BCUT2D eigenvalue weighted by molar-refractivity contribution is 6.30. The Morgan fingerprint density at radius 3 is 2.32 bits per heavy atom. The number of carbonyl (C=O) groups is 3. The molecule has 10 heteroatoms. The minimum absolute atomic E-state index is 0.280. The predicted molar refractivity (Wildman–Crippen MR) is 158 cm³/mol. The van der Waals surface area contributed by atoms with Crippen molar-refractivity contribution in [2.45, 2.75) is 78.7 Å². The number of amides is 2. The van der Waals surface area contributed by atoms with Gasteiger partial charge in [0.05, 0.1) is 20.6 Å². The maximum atomic E-state index is 14.1. The summed E-state index contributed by atoms with van der Waals surface area (Å²) in [6, 6.07) is 9.74. The molecule has 2 aromatic carbocycles. The third-order valence-corrected chi connectivity index (χ3v) is 6.50. The topological polar surface area (TPSA) is 103 Å². The summed E-state index contributed by atoms with van der Waals surface area (Å²) in [4.78, 5) is 41.4. The van der Waals surface area contributed by atoms with E-state index in [1.165, 1.54) is 21.1 Å². The molecule has 0 saturated heterocycles. The zero-order valence-electron chi connectivity index (χ0n) is 25.3. The lowest BCUT2D eigenvalue weighted by molar-refractivity contribution is -0.158. The number of benzene rings is 2. The van der Waals surface area contributed by atoms with Crippen LogP contribution in [0.3, 0.4) is 0 Å². The molecule has 2 aromatic rings. The predicted octanol–water partition coefficient (Wildman–Crippen LogP) is 5.46. The zero-order valence-corrected chi connectivity index (χ0v) is 26.0. The Morgan fingerprint density at radius 1 is 1.05 bits per heavy atom. The molecule has 0 saturated carbocycles. The van der Waals surface area contributed by atoms with Crippen LogP contribution in [0.25, 0.3) is 0 Å². The number of hydrogen-bond donors (Lipinski definition) is 1. The molecule has 0 aliphatic carbocycles. The molecule has 0 fully saturated rings. The molecule has 0 aromatic heterocycles. The molecule has 1 heterocycles. The van der Waals surface area contributed by atoms with Gasteiger partial charge in [0.25, 0.3) is 5.91 Å². The Balaban J connectivity index is 2.08. The summed E-state index contributed by atoms with van der Waals surface area (Å²) in [5, 5.41) is 3.11. The van der Waals surface area contributed by atoms with E-state index in [4.69, 9.17) is 30.5 Å². The zero-order chi connectivity index (χ0) is 30.7. The van der Waals surface area contributed by atoms with E-state index in [0.29, 0.717) is 39.9 Å². The summed E-state index contributed by atoms with van der Waals surface area (Å²) >= 11 is 6.46. The number of esters is 1. The Bertz CT molecular complexity index is 1280. The van der Waals surface area contributed by atoms with Crippen LogP contribution in [0.15, 0.2) is 36.4 Å². The number of anilines is 1. The summed E-state index contributed by atoms with van der Waals surface area (Å²) in [5.74, 6) is -0.566. The van der Waals surface area contributed by atoms with Gasteiger partial charge in [-0.1, -0.05) is 44.5 Å². The van der Waals surface area contributed by atoms with E-state index in [-0.39, 0.29) is 17.7 Å². The molecule has 3 atom stereocenters. The number of nitrogens with one attached hydrogen (secondary N) is 1. The third-order valence-electron chi connectivity index (χ3n) is 6.26. The first-order chi connectivity index (χ1) is 19.0. The van der Waals surface area contributed by atoms with Crippen LogP contribution in [-0.2, 0) is 23.9 Å². The van der Waals surface area contributed by atoms with E-state index in [1.54, 1.807) is 56.0 Å². The third kappa shape index (κ3) is 8.14. The Kier molecular flexibility index (Phi) is 9.98. The van der Waals surface area contributed by atoms with Gasteiger partial charge in [-0.3, -0.25) is 9.59 Å². The van der Waals surface area contributed by atoms with E-state index in [9.17, 15) is 14.4 Å². The SMILES string of the molecule is COc1cccc([C@@H]2O[C@@H](CC(=O)N[C@@H](C)C(=O)OC(C)(C)C)C(=O)N(CC(C)(C)C)c3ccc(Cl)cc32)c1OC. The van der Waals surface area contributed by atoms with Crippen molar-refractivity contribution in [2.24, 2.45) is 5.41 Å². The summed E-state index contributed by atoms with van der Waals surface area (Å²) < 4.78 is 23.1. The van der Waals surface area contributed by atoms with Gasteiger partial charge < -0.3 is 29.2 Å². The first-order valence-electron chi connectivity index (χ1n) is 13.5. The molecule has 0 spiro atoms. The van der Waals surface area contributed by atoms with E-state index in [2.05, 4.69) is 5.32 Å². The van der Waals surface area contributed by atoms with Crippen LogP contribution in [-0.4, -0.2) is 56.3 Å². The molecule has 1 aliphatic rings. The van der Waals surface area contributed by atoms with Gasteiger partial charge >= 0.3 is 5.97 Å². The highest BCUT2D eigenvalue weighted by atomic mass is 35.5. The average Bonchev–Trinajstić information content (AvgIpc) is 2.96. The number of para-hydroxylation sites is 1. The Morgan fingerprint density at radius 2 is 1.73 bits per heavy atom. The summed E-state index contributed by atoms with van der Waals surface area (Å²) in [5.41, 5.74) is 0.882. The monoisotopic (exact) mass is 588 g/mol. The Hall–Kier alpha value is -3.30. The highest BCUT2D eigenvalue weighted by Crippen LogP contribution is 2.45. The van der Waals surface area contributed by atoms with Crippen LogP contribution in [0.2, 0.25) is 5.02 Å². The van der Waals surface area contributed by atoms with Crippen molar-refractivity contribution in [3.05, 3.63) is 52.5 Å². The lowest BCUT2D eigenvalue weighted by atomic mass is 9.94. The van der Waals surface area contributed by atoms with Crippen LogP contribution in [0.5, 0.6) is 11.5 Å². The van der Waals surface area contributed by atoms with Crippen molar-refractivity contribution in [1.82, 2.24) is 5.32 Å². The highest BCUT2D eigenvalue weighted by Gasteiger charge is 2.40. The molecule has 0 unspecified atom stereocenters. The maximum absolute atomic E-state index is 14.1. The van der Waals surface area contributed by atoms with E-state index < -0.39 is 35.7 Å². The summed E-state index contributed by atoms with van der Waals surface area (Å²) in [6.45, 7) is 13.2. The number of fused-ring (bicyclic) bond motifs is 1. The fraction of sp³-hybridized carbons (Fsp3) is 0.516. The number of ether oxygens (including phenoxy) is 4. The smallest absolute Gasteiger partial charge is 0.328 e. The number of carbonyl (C=O) groups excluding carboxylic acids is 3. The van der Waals surface area contributed by atoms with Gasteiger partial charge in [-0.15, -0.1) is 0 Å². The molecule has 224 valence electrons. The molecule has 0 bridgehead atoms. The summed E-state index contributed by atoms with van der Waals surface area (Å²) in [6.07, 6.45) is -2.34. The van der Waals surface area contributed by atoms with Crippen LogP contribution in [0.4, 0.5) is 5.69 Å². The van der Waals surface area contributed by atoms with E-state index >= 15 is 0 Å². The van der Waals surface area contributed by atoms with Crippen LogP contribution in [0.1, 0.15) is 72.1 Å². The molecule has 0 radical (unpaired) electrons. The normalized spacial score (nSPS) is 18.2. The van der Waals surface area contributed by atoms with Crippen molar-refractivity contribution < 1.29 is 33.3 Å². The fourth-order valence-corrected chi connectivity index (χ4v) is 4.80. The first-order valence-corrected chi connectivity index (χ1v) is 13.9. The van der Waals surface area contributed by atoms with Gasteiger partial charge in [0.1, 0.15) is 23.9 Å². The Labute approximate surface area is 247 Å². The maximum Gasteiger partial charge on any atom is 0.328 e. The molecule has 1 aliphatic heterocycles. The molecule has 9 nitrogen and oxygen atoms in total. The number of methoxy groups -OCH3 is 2. The van der Waals surface area contributed by atoms with Gasteiger partial charge in [0.15, 0.2) is 11.5 Å². The number of rotatable bonds is 8.